The standard InChI is InChI=1S/C25H38N2O7.C23H33NO8/c1-17-22(32-13-12-21(28)27(5)6)19(14-18-10-8-7-9-11-18)15-31-16-20(23(29)33-17)26-24(30)34-25(2,3)4;1-15-20(30-11-10-19(25)26)17(12-16-8-6-5-7-9-16)13-29-14-18(21(27)31-15)24-22(28)32-23(2,3)4/h7-11,17,19-20,22H,12-16H2,1-6H3,(H,26,30);5-9,15,17-18,20H,10-14H2,1-4H3,(H,24,28)(H,25,26)/t17-,19-,20-,22-;15-,17-,18-,20-/m00/s1. The van der Waals surface area contributed by atoms with Gasteiger partial charge in [-0.3, -0.25) is 9.59 Å². The van der Waals surface area contributed by atoms with Crippen LogP contribution in [0, 0.1) is 11.8 Å². The number of rotatable bonds is 14. The molecule has 0 unspecified atom stereocenters. The number of carboxylic acids is 1. The number of nitrogens with one attached hydrogen (secondary N) is 2. The van der Waals surface area contributed by atoms with Crippen molar-refractivity contribution < 1.29 is 71.8 Å². The zero-order valence-corrected chi connectivity index (χ0v) is 40.1. The van der Waals surface area contributed by atoms with Crippen molar-refractivity contribution in [2.75, 3.05) is 53.7 Å². The smallest absolute Gasteiger partial charge is 0.408 e. The van der Waals surface area contributed by atoms with Crippen molar-refractivity contribution in [1.29, 1.82) is 0 Å². The molecule has 0 radical (unpaired) electrons. The second-order valence-electron chi connectivity index (χ2n) is 18.5. The predicted octanol–water partition coefficient (Wildman–Crippen LogP) is 5.12. The molecule has 2 heterocycles. The summed E-state index contributed by atoms with van der Waals surface area (Å²) < 4.78 is 45.4. The number of aliphatic carboxylic acids is 1. The van der Waals surface area contributed by atoms with Gasteiger partial charge in [0.2, 0.25) is 5.91 Å². The Bertz CT molecular complexity index is 1830. The van der Waals surface area contributed by atoms with E-state index in [1.165, 1.54) is 4.90 Å². The number of carbonyl (C=O) groups excluding carboxylic acids is 5. The molecule has 0 bridgehead atoms. The third kappa shape index (κ3) is 20.9. The Kier molecular flexibility index (Phi) is 22.3. The van der Waals surface area contributed by atoms with Crippen LogP contribution in [0.5, 0.6) is 0 Å². The third-order valence-corrected chi connectivity index (χ3v) is 10.1. The van der Waals surface area contributed by atoms with Gasteiger partial charge in [0.1, 0.15) is 23.4 Å². The largest absolute Gasteiger partial charge is 0.481 e. The quantitative estimate of drug-likeness (QED) is 0.165. The van der Waals surface area contributed by atoms with Crippen molar-refractivity contribution in [2.24, 2.45) is 11.8 Å². The first-order valence-corrected chi connectivity index (χ1v) is 22.3. The molecule has 2 aromatic carbocycles. The number of carboxylic acid groups (broad SMARTS) is 1. The number of hydrogen-bond acceptors (Lipinski definition) is 14. The van der Waals surface area contributed by atoms with Gasteiger partial charge in [-0.05, 0) is 79.4 Å². The van der Waals surface area contributed by atoms with E-state index in [4.69, 9.17) is 43.0 Å². The minimum Gasteiger partial charge on any atom is -0.481 e. The Morgan fingerprint density at radius 3 is 1.36 bits per heavy atom. The molecule has 0 aromatic heterocycles. The molecule has 4 rings (SSSR count). The molecule has 3 amide bonds. The molecule has 2 aliphatic heterocycles. The van der Waals surface area contributed by atoms with Gasteiger partial charge in [-0.1, -0.05) is 60.7 Å². The minimum atomic E-state index is -1.04. The van der Waals surface area contributed by atoms with Crippen LogP contribution in [0.2, 0.25) is 0 Å². The lowest BCUT2D eigenvalue weighted by atomic mass is 9.91. The van der Waals surface area contributed by atoms with Crippen LogP contribution in [-0.4, -0.2) is 147 Å². The number of alkyl carbamates (subject to hydrolysis) is 2. The summed E-state index contributed by atoms with van der Waals surface area (Å²) >= 11 is 0. The van der Waals surface area contributed by atoms with Gasteiger partial charge in [0.15, 0.2) is 12.1 Å². The summed E-state index contributed by atoms with van der Waals surface area (Å²) in [7, 11) is 3.38. The Morgan fingerprint density at radius 2 is 1.02 bits per heavy atom. The number of hydrogen-bond donors (Lipinski definition) is 3. The highest BCUT2D eigenvalue weighted by Crippen LogP contribution is 2.25. The Morgan fingerprint density at radius 1 is 0.636 bits per heavy atom. The van der Waals surface area contributed by atoms with Crippen LogP contribution in [0.15, 0.2) is 60.7 Å². The molecule has 3 N–H and O–H groups in total. The van der Waals surface area contributed by atoms with E-state index in [1.54, 1.807) is 69.5 Å². The average molecular weight is 930 g/mol. The van der Waals surface area contributed by atoms with Gasteiger partial charge in [-0.25, -0.2) is 19.2 Å². The second-order valence-corrected chi connectivity index (χ2v) is 18.5. The van der Waals surface area contributed by atoms with Crippen LogP contribution < -0.4 is 10.6 Å². The molecule has 18 nitrogen and oxygen atoms in total. The molecular formula is C48H71N3O15. The van der Waals surface area contributed by atoms with Gasteiger partial charge >= 0.3 is 30.1 Å². The van der Waals surface area contributed by atoms with Crippen molar-refractivity contribution >= 4 is 36.0 Å². The van der Waals surface area contributed by atoms with E-state index in [1.807, 2.05) is 60.7 Å². The molecule has 368 valence electrons. The molecule has 66 heavy (non-hydrogen) atoms. The van der Waals surface area contributed by atoms with Crippen LogP contribution in [0.25, 0.3) is 0 Å². The highest BCUT2D eigenvalue weighted by Gasteiger charge is 2.38. The molecular weight excluding hydrogens is 859 g/mol. The van der Waals surface area contributed by atoms with Crippen molar-refractivity contribution in [3.05, 3.63) is 71.8 Å². The molecule has 8 atom stereocenters. The number of carbonyl (C=O) groups is 6. The number of nitrogens with zero attached hydrogens (tertiary/aromatic N) is 1. The molecule has 2 saturated heterocycles. The van der Waals surface area contributed by atoms with Crippen LogP contribution in [0.4, 0.5) is 9.59 Å². The summed E-state index contributed by atoms with van der Waals surface area (Å²) in [5.41, 5.74) is 0.721. The highest BCUT2D eigenvalue weighted by molar-refractivity contribution is 5.82. The maximum absolute atomic E-state index is 12.8. The number of cyclic esters (lactones) is 2. The predicted molar refractivity (Wildman–Crippen MR) is 241 cm³/mol. The second kappa shape index (κ2) is 26.7. The third-order valence-electron chi connectivity index (χ3n) is 10.1. The van der Waals surface area contributed by atoms with Gasteiger partial charge < -0.3 is 58.5 Å². The van der Waals surface area contributed by atoms with Crippen LogP contribution >= 0.6 is 0 Å². The molecule has 0 spiro atoms. The molecule has 2 aliphatic rings. The average Bonchev–Trinajstić information content (AvgIpc) is 3.29. The van der Waals surface area contributed by atoms with Gasteiger partial charge in [0, 0.05) is 25.9 Å². The maximum Gasteiger partial charge on any atom is 0.408 e. The van der Waals surface area contributed by atoms with E-state index >= 15 is 0 Å². The number of ether oxygens (including phenoxy) is 8. The van der Waals surface area contributed by atoms with E-state index in [-0.39, 0.29) is 70.2 Å². The van der Waals surface area contributed by atoms with E-state index in [0.717, 1.165) is 11.1 Å². The topological polar surface area (TPSA) is 224 Å². The Hall–Kier alpha value is -5.30. The van der Waals surface area contributed by atoms with Crippen molar-refractivity contribution in [1.82, 2.24) is 15.5 Å². The van der Waals surface area contributed by atoms with E-state index in [0.29, 0.717) is 12.8 Å². The molecule has 0 aliphatic carbocycles. The fraction of sp³-hybridized carbons (Fsp3) is 0.625. The lowest BCUT2D eigenvalue weighted by molar-refractivity contribution is -0.162. The van der Waals surface area contributed by atoms with Gasteiger partial charge in [-0.2, -0.15) is 0 Å². The van der Waals surface area contributed by atoms with Crippen LogP contribution in [0.3, 0.4) is 0 Å². The molecule has 2 fully saturated rings. The van der Waals surface area contributed by atoms with E-state index in [2.05, 4.69) is 10.6 Å². The number of amides is 3. The SMILES string of the molecule is C[C@@H]1OC(=O)[C@@H](NC(=O)OC(C)(C)C)COC[C@H](Cc2ccccc2)[C@H]1OCCC(=O)N(C)C.C[C@@H]1OC(=O)[C@@H](NC(=O)OC(C)(C)C)COC[C@H](Cc2ccccc2)[C@H]1OCCC(=O)O. The normalized spacial score (nSPS) is 24.0. The molecule has 2 aromatic rings. The fourth-order valence-electron chi connectivity index (χ4n) is 7.05. The van der Waals surface area contributed by atoms with Gasteiger partial charge in [0.05, 0.1) is 64.7 Å². The zero-order chi connectivity index (χ0) is 49.0. The molecule has 0 saturated carbocycles. The Labute approximate surface area is 388 Å². The van der Waals surface area contributed by atoms with Crippen LogP contribution in [-0.2, 0) is 69.9 Å². The van der Waals surface area contributed by atoms with Gasteiger partial charge in [0.25, 0.3) is 0 Å². The summed E-state index contributed by atoms with van der Waals surface area (Å²) in [6.07, 6.45) is -2.59. The van der Waals surface area contributed by atoms with Crippen LogP contribution in [0.1, 0.15) is 79.4 Å². The number of benzene rings is 2. The Balaban J connectivity index is 0.000000351. The minimum absolute atomic E-state index is 0.0211. The number of esters is 2. The first-order valence-electron chi connectivity index (χ1n) is 22.3. The monoisotopic (exact) mass is 929 g/mol. The van der Waals surface area contributed by atoms with E-state index in [9.17, 15) is 28.8 Å². The summed E-state index contributed by atoms with van der Waals surface area (Å²) in [6, 6.07) is 17.6. The maximum atomic E-state index is 12.8. The zero-order valence-electron chi connectivity index (χ0n) is 40.1. The van der Waals surface area contributed by atoms with Crippen molar-refractivity contribution in [3.8, 4) is 0 Å². The fourth-order valence-corrected chi connectivity index (χ4v) is 7.05. The first kappa shape index (κ1) is 55.0. The lowest BCUT2D eigenvalue weighted by Gasteiger charge is -2.31. The highest BCUT2D eigenvalue weighted by atomic mass is 16.6. The van der Waals surface area contributed by atoms with Crippen molar-refractivity contribution in [2.45, 2.75) is 129 Å². The van der Waals surface area contributed by atoms with Gasteiger partial charge in [-0.15, -0.1) is 0 Å². The lowest BCUT2D eigenvalue weighted by Crippen LogP contribution is -2.47. The van der Waals surface area contributed by atoms with E-state index < -0.39 is 77.8 Å². The summed E-state index contributed by atoms with van der Waals surface area (Å²) in [6.45, 7) is 14.4. The van der Waals surface area contributed by atoms with Crippen molar-refractivity contribution in [3.63, 3.8) is 0 Å². The summed E-state index contributed by atoms with van der Waals surface area (Å²) in [5.74, 6) is -2.66. The summed E-state index contributed by atoms with van der Waals surface area (Å²) in [4.78, 5) is 74.3. The summed E-state index contributed by atoms with van der Waals surface area (Å²) in [5, 5.41) is 14.0. The molecule has 18 heteroatoms. The first-order chi connectivity index (χ1) is 31.0.